The molecule has 0 atom stereocenters. The van der Waals surface area contributed by atoms with E-state index in [1.165, 1.54) is 16.4 Å². The molecular formula is C23H26F2N4O3S. The van der Waals surface area contributed by atoms with Crippen LogP contribution in [0.4, 0.5) is 8.78 Å². The molecule has 3 aromatic rings. The molecule has 33 heavy (non-hydrogen) atoms. The Bertz CT molecular complexity index is 1260. The van der Waals surface area contributed by atoms with E-state index >= 15 is 0 Å². The average molecular weight is 477 g/mol. The molecule has 1 aromatic heterocycles. The van der Waals surface area contributed by atoms with E-state index in [9.17, 15) is 22.0 Å². The topological polar surface area (TPSA) is 84.3 Å². The minimum absolute atomic E-state index is 0.0216. The molecule has 1 N–H and O–H groups in total. The molecule has 0 aliphatic carbocycles. The summed E-state index contributed by atoms with van der Waals surface area (Å²) in [7, 11) is -1.74. The molecule has 0 unspecified atom stereocenters. The van der Waals surface area contributed by atoms with Gasteiger partial charge < -0.3 is 9.88 Å². The van der Waals surface area contributed by atoms with E-state index in [1.54, 1.807) is 18.2 Å². The van der Waals surface area contributed by atoms with Gasteiger partial charge in [0.2, 0.25) is 15.9 Å². The van der Waals surface area contributed by atoms with Crippen molar-refractivity contribution < 1.29 is 22.0 Å². The zero-order valence-electron chi connectivity index (χ0n) is 18.4. The van der Waals surface area contributed by atoms with E-state index < -0.39 is 21.7 Å². The van der Waals surface area contributed by atoms with Crippen molar-refractivity contribution in [3.63, 3.8) is 0 Å². The highest BCUT2D eigenvalue weighted by atomic mass is 32.2. The number of nitrogens with one attached hydrogen (secondary N) is 1. The molecule has 1 amide bonds. The van der Waals surface area contributed by atoms with Gasteiger partial charge in [-0.15, -0.1) is 0 Å². The van der Waals surface area contributed by atoms with Crippen LogP contribution in [0.5, 0.6) is 0 Å². The Kier molecular flexibility index (Phi) is 6.76. The summed E-state index contributed by atoms with van der Waals surface area (Å²) < 4.78 is 55.8. The van der Waals surface area contributed by atoms with Gasteiger partial charge >= 0.3 is 0 Å². The highest BCUT2D eigenvalue weighted by Crippen LogP contribution is 2.25. The van der Waals surface area contributed by atoms with E-state index in [0.29, 0.717) is 36.4 Å². The smallest absolute Gasteiger partial charge is 0.243 e. The maximum Gasteiger partial charge on any atom is 0.243 e. The quantitative estimate of drug-likeness (QED) is 0.567. The normalized spacial score (nSPS) is 15.1. The Labute approximate surface area is 191 Å². The molecule has 2 aromatic carbocycles. The van der Waals surface area contributed by atoms with Crippen molar-refractivity contribution in [2.45, 2.75) is 43.5 Å². The third-order valence-corrected chi connectivity index (χ3v) is 7.78. The van der Waals surface area contributed by atoms with Gasteiger partial charge in [-0.25, -0.2) is 22.2 Å². The molecule has 0 radical (unpaired) electrons. The summed E-state index contributed by atoms with van der Waals surface area (Å²) in [6, 6.07) is 8.04. The second-order valence-electron chi connectivity index (χ2n) is 8.26. The van der Waals surface area contributed by atoms with E-state index in [1.807, 2.05) is 11.6 Å². The number of aryl methyl sites for hydroxylation is 2. The van der Waals surface area contributed by atoms with Gasteiger partial charge in [-0.1, -0.05) is 6.42 Å². The van der Waals surface area contributed by atoms with E-state index in [2.05, 4.69) is 10.3 Å². The minimum Gasteiger partial charge on any atom is -0.352 e. The number of benzene rings is 2. The summed E-state index contributed by atoms with van der Waals surface area (Å²) in [5.74, 6) is -1.02. The number of fused-ring (bicyclic) bond motifs is 1. The van der Waals surface area contributed by atoms with Crippen LogP contribution in [0.3, 0.4) is 0 Å². The third kappa shape index (κ3) is 5.22. The SMILES string of the molecule is Cn1c(CCC(=O)NCc2cc(F)cc(F)c2)nc2cc(S(=O)(=O)N3CCCCC3)ccc21. The first-order valence-corrected chi connectivity index (χ1v) is 12.4. The van der Waals surface area contributed by atoms with Crippen LogP contribution in [-0.2, 0) is 34.8 Å². The Morgan fingerprint density at radius 3 is 2.45 bits per heavy atom. The molecule has 2 heterocycles. The number of nitrogens with zero attached hydrogens (tertiary/aromatic N) is 3. The Balaban J connectivity index is 1.43. The first-order chi connectivity index (χ1) is 15.7. The highest BCUT2D eigenvalue weighted by Gasteiger charge is 2.26. The minimum atomic E-state index is -3.56. The molecule has 1 aliphatic heterocycles. The van der Waals surface area contributed by atoms with E-state index in [4.69, 9.17) is 0 Å². The van der Waals surface area contributed by atoms with Gasteiger partial charge in [0.1, 0.15) is 17.5 Å². The van der Waals surface area contributed by atoms with Crippen LogP contribution in [0, 0.1) is 11.6 Å². The van der Waals surface area contributed by atoms with Crippen molar-refractivity contribution in [2.24, 2.45) is 7.05 Å². The average Bonchev–Trinajstić information content (AvgIpc) is 3.11. The fourth-order valence-corrected chi connectivity index (χ4v) is 5.63. The Hall–Kier alpha value is -2.85. The van der Waals surface area contributed by atoms with Gasteiger partial charge in [-0.05, 0) is 48.7 Å². The van der Waals surface area contributed by atoms with Gasteiger partial charge in [0.25, 0.3) is 0 Å². The number of sulfonamides is 1. The standard InChI is InChI=1S/C23H26F2N4O3S/c1-28-21-6-5-19(33(31,32)29-9-3-2-4-10-29)14-20(21)27-22(28)7-8-23(30)26-15-16-11-17(24)13-18(25)12-16/h5-6,11-14H,2-4,7-10,15H2,1H3,(H,26,30). The maximum absolute atomic E-state index is 13.3. The monoisotopic (exact) mass is 476 g/mol. The number of amides is 1. The molecule has 0 spiro atoms. The predicted molar refractivity (Wildman–Crippen MR) is 120 cm³/mol. The molecule has 0 saturated carbocycles. The summed E-state index contributed by atoms with van der Waals surface area (Å²) in [5.41, 5.74) is 1.67. The first-order valence-electron chi connectivity index (χ1n) is 10.9. The third-order valence-electron chi connectivity index (χ3n) is 5.89. The first kappa shape index (κ1) is 23.3. The summed E-state index contributed by atoms with van der Waals surface area (Å²) in [6.45, 7) is 1.09. The molecular weight excluding hydrogens is 450 g/mol. The lowest BCUT2D eigenvalue weighted by Gasteiger charge is -2.25. The van der Waals surface area contributed by atoms with Crippen LogP contribution in [0.15, 0.2) is 41.3 Å². The van der Waals surface area contributed by atoms with Crippen molar-refractivity contribution in [1.82, 2.24) is 19.2 Å². The van der Waals surface area contributed by atoms with Crippen molar-refractivity contribution in [1.29, 1.82) is 0 Å². The molecule has 10 heteroatoms. The number of rotatable bonds is 7. The number of hydrogen-bond donors (Lipinski definition) is 1. The van der Waals surface area contributed by atoms with Gasteiger partial charge in [-0.2, -0.15) is 4.31 Å². The largest absolute Gasteiger partial charge is 0.352 e. The predicted octanol–water partition coefficient (Wildman–Crippen LogP) is 3.28. The van der Waals surface area contributed by atoms with Crippen LogP contribution >= 0.6 is 0 Å². The van der Waals surface area contributed by atoms with Crippen molar-refractivity contribution in [3.8, 4) is 0 Å². The number of halogens is 2. The Morgan fingerprint density at radius 1 is 1.06 bits per heavy atom. The number of imidazole rings is 1. The van der Waals surface area contributed by atoms with Crippen LogP contribution in [-0.4, -0.2) is 41.3 Å². The number of carbonyl (C=O) groups excluding carboxylic acids is 1. The van der Waals surface area contributed by atoms with E-state index in [0.717, 1.165) is 30.8 Å². The molecule has 1 saturated heterocycles. The molecule has 0 bridgehead atoms. The van der Waals surface area contributed by atoms with Gasteiger partial charge in [0, 0.05) is 45.6 Å². The number of carbonyl (C=O) groups is 1. The zero-order valence-corrected chi connectivity index (χ0v) is 19.2. The fourth-order valence-electron chi connectivity index (χ4n) is 4.10. The van der Waals surface area contributed by atoms with Crippen LogP contribution < -0.4 is 5.32 Å². The van der Waals surface area contributed by atoms with Gasteiger partial charge in [0.05, 0.1) is 15.9 Å². The lowest BCUT2D eigenvalue weighted by atomic mass is 10.2. The summed E-state index contributed by atoms with van der Waals surface area (Å²) in [6.07, 6.45) is 3.24. The van der Waals surface area contributed by atoms with Gasteiger partial charge in [-0.3, -0.25) is 4.79 Å². The van der Waals surface area contributed by atoms with Crippen LogP contribution in [0.2, 0.25) is 0 Å². The Morgan fingerprint density at radius 2 is 1.76 bits per heavy atom. The van der Waals surface area contributed by atoms with Crippen molar-refractivity contribution in [2.75, 3.05) is 13.1 Å². The van der Waals surface area contributed by atoms with Crippen LogP contribution in [0.1, 0.15) is 37.1 Å². The molecule has 1 fully saturated rings. The molecule has 1 aliphatic rings. The summed E-state index contributed by atoms with van der Waals surface area (Å²) in [5, 5.41) is 2.65. The lowest BCUT2D eigenvalue weighted by Crippen LogP contribution is -2.35. The summed E-state index contributed by atoms with van der Waals surface area (Å²) >= 11 is 0. The highest BCUT2D eigenvalue weighted by molar-refractivity contribution is 7.89. The molecule has 4 rings (SSSR count). The second kappa shape index (κ2) is 9.56. The number of piperidine rings is 1. The number of aromatic nitrogens is 2. The van der Waals surface area contributed by atoms with Crippen molar-refractivity contribution in [3.05, 3.63) is 59.4 Å². The molecule has 176 valence electrons. The fraction of sp³-hybridized carbons (Fsp3) is 0.391. The van der Waals surface area contributed by atoms with Crippen LogP contribution in [0.25, 0.3) is 11.0 Å². The lowest BCUT2D eigenvalue weighted by molar-refractivity contribution is -0.121. The van der Waals surface area contributed by atoms with Gasteiger partial charge in [0.15, 0.2) is 0 Å². The van der Waals surface area contributed by atoms with E-state index in [-0.39, 0.29) is 23.8 Å². The van der Waals surface area contributed by atoms with Crippen molar-refractivity contribution >= 4 is 27.0 Å². The number of hydrogen-bond acceptors (Lipinski definition) is 4. The zero-order chi connectivity index (χ0) is 23.6. The molecule has 7 nitrogen and oxygen atoms in total. The second-order valence-corrected chi connectivity index (χ2v) is 10.2. The maximum atomic E-state index is 13.3. The summed E-state index contributed by atoms with van der Waals surface area (Å²) in [4.78, 5) is 17.0.